The van der Waals surface area contributed by atoms with Crippen LogP contribution in [0.4, 0.5) is 0 Å². The fraction of sp³-hybridized carbons (Fsp3) is 0.412. The summed E-state index contributed by atoms with van der Waals surface area (Å²) in [6, 6.07) is 7.92. The number of aromatic nitrogens is 2. The molecule has 0 fully saturated rings. The number of benzene rings is 1. The molecule has 2 unspecified atom stereocenters. The second-order valence-corrected chi connectivity index (χ2v) is 5.49. The van der Waals surface area contributed by atoms with E-state index < -0.39 is 6.04 Å². The van der Waals surface area contributed by atoms with Gasteiger partial charge in [0.2, 0.25) is 5.91 Å². The molecule has 0 saturated carbocycles. The van der Waals surface area contributed by atoms with Gasteiger partial charge in [-0.05, 0) is 31.5 Å². The van der Waals surface area contributed by atoms with Crippen LogP contribution in [-0.4, -0.2) is 22.7 Å². The number of nitrogens with one attached hydrogen (secondary N) is 2. The summed E-state index contributed by atoms with van der Waals surface area (Å²) in [5, 5.41) is 10.2. The van der Waals surface area contributed by atoms with E-state index in [9.17, 15) is 4.79 Å². The highest BCUT2D eigenvalue weighted by Gasteiger charge is 2.21. The average molecular weight is 337 g/mol. The van der Waals surface area contributed by atoms with Gasteiger partial charge in [0.1, 0.15) is 6.04 Å². The number of halogens is 1. The normalized spacial score (nSPS) is 13.0. The van der Waals surface area contributed by atoms with Crippen molar-refractivity contribution in [3.05, 3.63) is 53.3 Å². The van der Waals surface area contributed by atoms with E-state index in [-0.39, 0.29) is 24.4 Å². The van der Waals surface area contributed by atoms with Crippen LogP contribution in [0.2, 0.25) is 0 Å². The molecule has 23 heavy (non-hydrogen) atoms. The lowest BCUT2D eigenvalue weighted by Gasteiger charge is -2.19. The van der Waals surface area contributed by atoms with E-state index in [0.717, 1.165) is 17.5 Å². The molecule has 2 aromatic rings. The number of hydrogen-bond donors (Lipinski definition) is 2. The standard InChI is InChI=1S/C17H24N4O.ClH/c1-5-13-6-8-14(9-7-13)12(2)20-17(22)16(18-3)15-10-19-21(4)11-15;/h6-12,16,18H,5H2,1-4H3,(H,20,22);1H. The molecule has 0 saturated heterocycles. The number of amides is 1. The van der Waals surface area contributed by atoms with Crippen LogP contribution in [-0.2, 0) is 18.3 Å². The Labute approximate surface area is 143 Å². The number of nitrogens with zero attached hydrogens (tertiary/aromatic N) is 2. The molecular formula is C17H25ClN4O. The largest absolute Gasteiger partial charge is 0.348 e. The van der Waals surface area contributed by atoms with Crippen molar-refractivity contribution < 1.29 is 4.79 Å². The molecule has 1 aromatic heterocycles. The first-order valence-corrected chi connectivity index (χ1v) is 7.60. The molecule has 2 atom stereocenters. The van der Waals surface area contributed by atoms with E-state index in [1.54, 1.807) is 17.9 Å². The second kappa shape index (κ2) is 8.70. The Kier molecular flexibility index (Phi) is 7.26. The zero-order valence-corrected chi connectivity index (χ0v) is 14.9. The van der Waals surface area contributed by atoms with E-state index in [1.807, 2.05) is 20.2 Å². The number of carbonyl (C=O) groups is 1. The number of carbonyl (C=O) groups excluding carboxylic acids is 1. The first-order chi connectivity index (χ1) is 10.5. The zero-order valence-electron chi connectivity index (χ0n) is 14.0. The number of rotatable bonds is 6. The molecule has 0 bridgehead atoms. The van der Waals surface area contributed by atoms with Gasteiger partial charge in [0.25, 0.3) is 0 Å². The van der Waals surface area contributed by atoms with Crippen molar-refractivity contribution in [1.29, 1.82) is 0 Å². The Morgan fingerprint density at radius 3 is 2.39 bits per heavy atom. The third-order valence-electron chi connectivity index (χ3n) is 3.86. The minimum Gasteiger partial charge on any atom is -0.348 e. The van der Waals surface area contributed by atoms with Crippen LogP contribution >= 0.6 is 12.4 Å². The molecule has 2 rings (SSSR count). The van der Waals surface area contributed by atoms with Gasteiger partial charge in [0, 0.05) is 18.8 Å². The molecule has 0 aliphatic heterocycles. The molecule has 1 heterocycles. The Bertz CT molecular complexity index is 624. The van der Waals surface area contributed by atoms with Crippen molar-refractivity contribution in [2.45, 2.75) is 32.4 Å². The van der Waals surface area contributed by atoms with Gasteiger partial charge in [-0.2, -0.15) is 5.10 Å². The van der Waals surface area contributed by atoms with Gasteiger partial charge >= 0.3 is 0 Å². The Balaban J connectivity index is 0.00000264. The van der Waals surface area contributed by atoms with Crippen LogP contribution in [0.5, 0.6) is 0 Å². The summed E-state index contributed by atoms with van der Waals surface area (Å²) in [6.07, 6.45) is 4.58. The molecule has 1 amide bonds. The highest BCUT2D eigenvalue weighted by Crippen LogP contribution is 2.17. The lowest BCUT2D eigenvalue weighted by molar-refractivity contribution is -0.123. The number of likely N-dealkylation sites (N-methyl/N-ethyl adjacent to an activating group) is 1. The molecule has 1 aromatic carbocycles. The fourth-order valence-corrected chi connectivity index (χ4v) is 2.46. The molecule has 5 nitrogen and oxygen atoms in total. The first kappa shape index (κ1) is 19.2. The highest BCUT2D eigenvalue weighted by atomic mass is 35.5. The number of aryl methyl sites for hydroxylation is 2. The van der Waals surface area contributed by atoms with E-state index in [0.29, 0.717) is 0 Å². The molecule has 0 radical (unpaired) electrons. The summed E-state index contributed by atoms with van der Waals surface area (Å²) in [4.78, 5) is 12.5. The summed E-state index contributed by atoms with van der Waals surface area (Å²) in [6.45, 7) is 4.13. The Hall–Kier alpha value is -1.85. The van der Waals surface area contributed by atoms with Crippen molar-refractivity contribution in [2.24, 2.45) is 7.05 Å². The monoisotopic (exact) mass is 336 g/mol. The quantitative estimate of drug-likeness (QED) is 0.852. The zero-order chi connectivity index (χ0) is 16.1. The van der Waals surface area contributed by atoms with Gasteiger partial charge in [-0.15, -0.1) is 12.4 Å². The second-order valence-electron chi connectivity index (χ2n) is 5.49. The van der Waals surface area contributed by atoms with E-state index >= 15 is 0 Å². The fourth-order valence-electron chi connectivity index (χ4n) is 2.46. The third-order valence-corrected chi connectivity index (χ3v) is 3.86. The summed E-state index contributed by atoms with van der Waals surface area (Å²) in [5.41, 5.74) is 3.26. The van der Waals surface area contributed by atoms with Gasteiger partial charge in [0.05, 0.1) is 12.2 Å². The summed E-state index contributed by atoms with van der Waals surface area (Å²) in [7, 11) is 3.62. The molecule has 0 spiro atoms. The van der Waals surface area contributed by atoms with Crippen LogP contribution in [0.15, 0.2) is 36.7 Å². The predicted octanol–water partition coefficient (Wildman–Crippen LogP) is 2.54. The van der Waals surface area contributed by atoms with Gasteiger partial charge in [-0.3, -0.25) is 9.48 Å². The lowest BCUT2D eigenvalue weighted by atomic mass is 10.0. The van der Waals surface area contributed by atoms with E-state index in [2.05, 4.69) is 46.9 Å². The third kappa shape index (κ3) is 4.81. The Morgan fingerprint density at radius 1 is 1.26 bits per heavy atom. The molecule has 0 aliphatic rings. The van der Waals surface area contributed by atoms with Gasteiger partial charge < -0.3 is 10.6 Å². The van der Waals surface area contributed by atoms with Crippen molar-refractivity contribution >= 4 is 18.3 Å². The number of hydrogen-bond acceptors (Lipinski definition) is 3. The van der Waals surface area contributed by atoms with Crippen molar-refractivity contribution in [2.75, 3.05) is 7.05 Å². The topological polar surface area (TPSA) is 59.0 Å². The van der Waals surface area contributed by atoms with E-state index in [1.165, 1.54) is 5.56 Å². The highest BCUT2D eigenvalue weighted by molar-refractivity contribution is 5.85. The van der Waals surface area contributed by atoms with Gasteiger partial charge in [0.15, 0.2) is 0 Å². The van der Waals surface area contributed by atoms with Crippen LogP contribution in [0.3, 0.4) is 0 Å². The molecule has 126 valence electrons. The first-order valence-electron chi connectivity index (χ1n) is 7.60. The van der Waals surface area contributed by atoms with Crippen LogP contribution < -0.4 is 10.6 Å². The SMILES string of the molecule is CCc1ccc(C(C)NC(=O)C(NC)c2cnn(C)c2)cc1.Cl. The van der Waals surface area contributed by atoms with Crippen LogP contribution in [0.25, 0.3) is 0 Å². The molecule has 2 N–H and O–H groups in total. The van der Waals surface area contributed by atoms with Crippen molar-refractivity contribution in [1.82, 2.24) is 20.4 Å². The molecule has 0 aliphatic carbocycles. The van der Waals surface area contributed by atoms with Gasteiger partial charge in [-0.1, -0.05) is 31.2 Å². The molecule has 6 heteroatoms. The van der Waals surface area contributed by atoms with Crippen molar-refractivity contribution in [3.63, 3.8) is 0 Å². The maximum absolute atomic E-state index is 12.5. The van der Waals surface area contributed by atoms with Crippen LogP contribution in [0.1, 0.15) is 42.6 Å². The molecular weight excluding hydrogens is 312 g/mol. The maximum Gasteiger partial charge on any atom is 0.242 e. The predicted molar refractivity (Wildman–Crippen MR) is 94.6 cm³/mol. The average Bonchev–Trinajstić information content (AvgIpc) is 2.94. The van der Waals surface area contributed by atoms with Crippen LogP contribution in [0, 0.1) is 0 Å². The minimum absolute atomic E-state index is 0. The van der Waals surface area contributed by atoms with Crippen molar-refractivity contribution in [3.8, 4) is 0 Å². The maximum atomic E-state index is 12.5. The minimum atomic E-state index is -0.397. The smallest absolute Gasteiger partial charge is 0.242 e. The lowest BCUT2D eigenvalue weighted by Crippen LogP contribution is -2.37. The Morgan fingerprint density at radius 2 is 1.91 bits per heavy atom. The summed E-state index contributed by atoms with van der Waals surface area (Å²) in [5.74, 6) is -0.0532. The van der Waals surface area contributed by atoms with Gasteiger partial charge in [-0.25, -0.2) is 0 Å². The summed E-state index contributed by atoms with van der Waals surface area (Å²) >= 11 is 0. The summed E-state index contributed by atoms with van der Waals surface area (Å²) < 4.78 is 1.69. The van der Waals surface area contributed by atoms with E-state index in [4.69, 9.17) is 0 Å².